The van der Waals surface area contributed by atoms with E-state index < -0.39 is 0 Å². The molecule has 0 aromatic heterocycles. The molecular formula is C22H42N2. The lowest BCUT2D eigenvalue weighted by molar-refractivity contribution is 0.379. The van der Waals surface area contributed by atoms with E-state index in [2.05, 4.69) is 85.8 Å². The van der Waals surface area contributed by atoms with Crippen LogP contribution in [0.5, 0.6) is 0 Å². The zero-order valence-corrected chi connectivity index (χ0v) is 17.6. The maximum Gasteiger partial charge on any atom is 0.0653 e. The Morgan fingerprint density at radius 2 is 1.29 bits per heavy atom. The highest BCUT2D eigenvalue weighted by molar-refractivity contribution is 5.14. The van der Waals surface area contributed by atoms with Crippen molar-refractivity contribution in [1.29, 1.82) is 0 Å². The average Bonchev–Trinajstić information content (AvgIpc) is 2.33. The minimum Gasteiger partial charge on any atom is -0.381 e. The topological polar surface area (TPSA) is 24.1 Å². The summed E-state index contributed by atoms with van der Waals surface area (Å²) in [5, 5.41) is 7.24. The lowest BCUT2D eigenvalue weighted by Gasteiger charge is -2.31. The fourth-order valence-corrected chi connectivity index (χ4v) is 2.88. The third kappa shape index (κ3) is 10.6. The molecule has 0 bridgehead atoms. The van der Waals surface area contributed by atoms with Crippen LogP contribution >= 0.6 is 0 Å². The first-order valence-electron chi connectivity index (χ1n) is 9.36. The molecule has 0 fully saturated rings. The molecule has 0 aliphatic rings. The van der Waals surface area contributed by atoms with Gasteiger partial charge in [0.05, 0.1) is 6.04 Å². The van der Waals surface area contributed by atoms with E-state index in [1.165, 1.54) is 5.57 Å². The van der Waals surface area contributed by atoms with Crippen LogP contribution < -0.4 is 10.6 Å². The molecule has 0 heterocycles. The number of allylic oxidation sites excluding steroid dienone is 1. The van der Waals surface area contributed by atoms with Crippen LogP contribution in [0, 0.1) is 17.3 Å². The van der Waals surface area contributed by atoms with Crippen molar-refractivity contribution in [2.75, 3.05) is 0 Å². The molecule has 140 valence electrons. The van der Waals surface area contributed by atoms with Gasteiger partial charge < -0.3 is 10.6 Å². The van der Waals surface area contributed by atoms with Crippen molar-refractivity contribution in [2.45, 2.75) is 86.7 Å². The zero-order valence-electron chi connectivity index (χ0n) is 17.6. The van der Waals surface area contributed by atoms with Crippen LogP contribution in [-0.2, 0) is 0 Å². The van der Waals surface area contributed by atoms with Crippen LogP contribution in [0.4, 0.5) is 0 Å². The van der Waals surface area contributed by atoms with Gasteiger partial charge in [-0.2, -0.15) is 0 Å². The van der Waals surface area contributed by atoms with Gasteiger partial charge in [0.2, 0.25) is 0 Å². The molecule has 24 heavy (non-hydrogen) atoms. The Bertz CT molecular complexity index is 424. The van der Waals surface area contributed by atoms with Crippen LogP contribution in [0.3, 0.4) is 0 Å². The lowest BCUT2D eigenvalue weighted by Crippen LogP contribution is -2.41. The van der Waals surface area contributed by atoms with E-state index in [-0.39, 0.29) is 17.5 Å². The van der Waals surface area contributed by atoms with Crippen molar-refractivity contribution < 1.29 is 0 Å². The smallest absolute Gasteiger partial charge is 0.0653 e. The van der Waals surface area contributed by atoms with E-state index in [1.54, 1.807) is 0 Å². The molecule has 0 rings (SSSR count). The SMILES string of the molecule is C=C(CC(C)(C)C)NC(CC(C)C)C(=C)NC(CC(C)C)C(=C)C. The van der Waals surface area contributed by atoms with E-state index >= 15 is 0 Å². The summed E-state index contributed by atoms with van der Waals surface area (Å²) < 4.78 is 0. The number of hydrogen-bond donors (Lipinski definition) is 2. The second-order valence-corrected chi connectivity index (χ2v) is 9.37. The third-order valence-corrected chi connectivity index (χ3v) is 3.91. The highest BCUT2D eigenvalue weighted by Gasteiger charge is 2.21. The number of rotatable bonds is 11. The Hall–Kier alpha value is -1.18. The van der Waals surface area contributed by atoms with Crippen molar-refractivity contribution in [3.63, 3.8) is 0 Å². The average molecular weight is 335 g/mol. The Morgan fingerprint density at radius 1 is 0.833 bits per heavy atom. The molecule has 0 saturated carbocycles. The molecule has 2 N–H and O–H groups in total. The molecule has 0 saturated heterocycles. The van der Waals surface area contributed by atoms with Gasteiger partial charge in [0, 0.05) is 17.4 Å². The predicted octanol–water partition coefficient (Wildman–Crippen LogP) is 6.03. The van der Waals surface area contributed by atoms with Crippen molar-refractivity contribution in [3.8, 4) is 0 Å². The van der Waals surface area contributed by atoms with Gasteiger partial charge in [-0.05, 0) is 43.4 Å². The molecule has 0 radical (unpaired) electrons. The summed E-state index contributed by atoms with van der Waals surface area (Å²) in [5.41, 5.74) is 3.54. The molecule has 0 amide bonds. The van der Waals surface area contributed by atoms with Crippen molar-refractivity contribution in [1.82, 2.24) is 10.6 Å². The summed E-state index contributed by atoms with van der Waals surface area (Å²) >= 11 is 0. The fourth-order valence-electron chi connectivity index (χ4n) is 2.88. The maximum absolute atomic E-state index is 4.33. The minimum atomic E-state index is 0.203. The molecule has 2 unspecified atom stereocenters. The van der Waals surface area contributed by atoms with Gasteiger partial charge >= 0.3 is 0 Å². The zero-order chi connectivity index (χ0) is 19.1. The first kappa shape index (κ1) is 22.8. The molecule has 2 heteroatoms. The van der Waals surface area contributed by atoms with Crippen LogP contribution in [-0.4, -0.2) is 12.1 Å². The number of nitrogens with one attached hydrogen (secondary N) is 2. The molecule has 2 atom stereocenters. The van der Waals surface area contributed by atoms with Crippen molar-refractivity contribution >= 4 is 0 Å². The summed E-state index contributed by atoms with van der Waals surface area (Å²) in [6.45, 7) is 30.5. The summed E-state index contributed by atoms with van der Waals surface area (Å²) in [6.07, 6.45) is 3.08. The Labute approximate surface area is 151 Å². The van der Waals surface area contributed by atoms with E-state index in [0.29, 0.717) is 11.8 Å². The van der Waals surface area contributed by atoms with Crippen molar-refractivity contribution in [3.05, 3.63) is 36.7 Å². The van der Waals surface area contributed by atoms with Crippen LogP contribution in [0.25, 0.3) is 0 Å². The van der Waals surface area contributed by atoms with E-state index in [4.69, 9.17) is 0 Å². The highest BCUT2D eigenvalue weighted by atomic mass is 15.0. The van der Waals surface area contributed by atoms with Gasteiger partial charge in [0.25, 0.3) is 0 Å². The van der Waals surface area contributed by atoms with Gasteiger partial charge in [-0.25, -0.2) is 0 Å². The summed E-state index contributed by atoms with van der Waals surface area (Å²) in [6, 6.07) is 0.485. The summed E-state index contributed by atoms with van der Waals surface area (Å²) in [4.78, 5) is 0. The van der Waals surface area contributed by atoms with Crippen LogP contribution in [0.15, 0.2) is 36.7 Å². The third-order valence-electron chi connectivity index (χ3n) is 3.91. The van der Waals surface area contributed by atoms with Gasteiger partial charge in [0.15, 0.2) is 0 Å². The predicted molar refractivity (Wildman–Crippen MR) is 110 cm³/mol. The normalized spacial score (nSPS) is 14.4. The second kappa shape index (κ2) is 9.96. The number of hydrogen-bond acceptors (Lipinski definition) is 2. The molecule has 2 nitrogen and oxygen atoms in total. The fraction of sp³-hybridized carbons (Fsp3) is 0.727. The molecule has 0 aliphatic heterocycles. The van der Waals surface area contributed by atoms with Gasteiger partial charge in [0.1, 0.15) is 0 Å². The molecular weight excluding hydrogens is 292 g/mol. The van der Waals surface area contributed by atoms with Crippen LogP contribution in [0.1, 0.15) is 74.7 Å². The van der Waals surface area contributed by atoms with Crippen LogP contribution in [0.2, 0.25) is 0 Å². The summed E-state index contributed by atoms with van der Waals surface area (Å²) in [7, 11) is 0. The Kier molecular flexibility index (Phi) is 9.47. The second-order valence-electron chi connectivity index (χ2n) is 9.37. The molecule has 0 aromatic carbocycles. The lowest BCUT2D eigenvalue weighted by atomic mass is 9.90. The van der Waals surface area contributed by atoms with E-state index in [0.717, 1.165) is 30.7 Å². The largest absolute Gasteiger partial charge is 0.381 e. The van der Waals surface area contributed by atoms with Gasteiger partial charge in [-0.15, -0.1) is 0 Å². The Morgan fingerprint density at radius 3 is 1.67 bits per heavy atom. The van der Waals surface area contributed by atoms with E-state index in [1.807, 2.05) is 0 Å². The monoisotopic (exact) mass is 334 g/mol. The quantitative estimate of drug-likeness (QED) is 0.450. The standard InChI is InChI=1S/C22H42N2/c1-15(2)12-20(17(5)6)24-19(8)21(13-16(3)4)23-18(7)14-22(9,10)11/h15-16,20-21,23-24H,5,7-8,12-14H2,1-4,6,9-11H3. The summed E-state index contributed by atoms with van der Waals surface area (Å²) in [5.74, 6) is 1.22. The first-order valence-corrected chi connectivity index (χ1v) is 9.36. The van der Waals surface area contributed by atoms with E-state index in [9.17, 15) is 0 Å². The molecule has 0 spiro atoms. The maximum atomic E-state index is 4.33. The molecule has 0 aliphatic carbocycles. The van der Waals surface area contributed by atoms with Crippen molar-refractivity contribution in [2.24, 2.45) is 17.3 Å². The minimum absolute atomic E-state index is 0.203. The first-order chi connectivity index (χ1) is 10.8. The van der Waals surface area contributed by atoms with Gasteiger partial charge in [-0.3, -0.25) is 0 Å². The van der Waals surface area contributed by atoms with Gasteiger partial charge in [-0.1, -0.05) is 73.8 Å². The highest BCUT2D eigenvalue weighted by Crippen LogP contribution is 2.23. The Balaban J connectivity index is 4.98. The molecule has 0 aromatic rings.